The van der Waals surface area contributed by atoms with E-state index >= 15 is 0 Å². The lowest BCUT2D eigenvalue weighted by molar-refractivity contribution is 0.281. The van der Waals surface area contributed by atoms with E-state index in [0.29, 0.717) is 0 Å². The highest BCUT2D eigenvalue weighted by Crippen LogP contribution is 2.31. The summed E-state index contributed by atoms with van der Waals surface area (Å²) in [7, 11) is 0. The molecule has 0 aliphatic heterocycles. The van der Waals surface area contributed by atoms with Gasteiger partial charge in [0.15, 0.2) is 0 Å². The van der Waals surface area contributed by atoms with Crippen molar-refractivity contribution in [3.8, 4) is 11.5 Å². The number of aliphatic hydroxyl groups is 1. The minimum Gasteiger partial charge on any atom is -0.456 e. The average molecular weight is 325 g/mol. The van der Waals surface area contributed by atoms with Gasteiger partial charge in [-0.3, -0.25) is 0 Å². The summed E-state index contributed by atoms with van der Waals surface area (Å²) in [6.45, 7) is 0.0291. The van der Waals surface area contributed by atoms with Crippen molar-refractivity contribution in [1.29, 1.82) is 0 Å². The van der Waals surface area contributed by atoms with E-state index in [4.69, 9.17) is 9.84 Å². The first kappa shape index (κ1) is 13.5. The van der Waals surface area contributed by atoms with Gasteiger partial charge in [0.1, 0.15) is 11.5 Å². The molecule has 0 bridgehead atoms. The maximum atomic E-state index is 9.04. The number of halogens is 1. The Morgan fingerprint density at radius 1 is 1.17 bits per heavy atom. The lowest BCUT2D eigenvalue weighted by Gasteiger charge is -2.09. The van der Waals surface area contributed by atoms with E-state index in [1.54, 1.807) is 11.8 Å². The highest BCUT2D eigenvalue weighted by molar-refractivity contribution is 9.10. The van der Waals surface area contributed by atoms with Gasteiger partial charge in [-0.2, -0.15) is 0 Å². The molecule has 0 atom stereocenters. The van der Waals surface area contributed by atoms with Crippen LogP contribution in [0.1, 0.15) is 5.56 Å². The summed E-state index contributed by atoms with van der Waals surface area (Å²) in [6.07, 6.45) is 2.04. The molecule has 0 aromatic heterocycles. The highest BCUT2D eigenvalue weighted by Gasteiger charge is 2.04. The summed E-state index contributed by atoms with van der Waals surface area (Å²) in [5.41, 5.74) is 0.854. The number of hydrogen-bond acceptors (Lipinski definition) is 3. The Morgan fingerprint density at radius 3 is 2.44 bits per heavy atom. The third-order valence-electron chi connectivity index (χ3n) is 2.47. The van der Waals surface area contributed by atoms with E-state index in [1.165, 1.54) is 4.90 Å². The van der Waals surface area contributed by atoms with Gasteiger partial charge in [-0.15, -0.1) is 11.8 Å². The van der Waals surface area contributed by atoms with Crippen molar-refractivity contribution in [3.05, 3.63) is 52.5 Å². The predicted molar refractivity (Wildman–Crippen MR) is 78.4 cm³/mol. The van der Waals surface area contributed by atoms with Gasteiger partial charge >= 0.3 is 0 Å². The fourth-order valence-electron chi connectivity index (χ4n) is 1.50. The minimum absolute atomic E-state index is 0.0291. The van der Waals surface area contributed by atoms with Crippen LogP contribution in [-0.4, -0.2) is 11.4 Å². The molecule has 18 heavy (non-hydrogen) atoms. The first-order valence-corrected chi connectivity index (χ1v) is 7.46. The van der Waals surface area contributed by atoms with Gasteiger partial charge in [0.05, 0.1) is 11.1 Å². The molecule has 94 valence electrons. The topological polar surface area (TPSA) is 29.5 Å². The van der Waals surface area contributed by atoms with Gasteiger partial charge in [0.2, 0.25) is 0 Å². The van der Waals surface area contributed by atoms with Gasteiger partial charge in [-0.25, -0.2) is 0 Å². The van der Waals surface area contributed by atoms with Crippen LogP contribution in [0.2, 0.25) is 0 Å². The zero-order chi connectivity index (χ0) is 13.0. The number of thioether (sulfide) groups is 1. The Kier molecular flexibility index (Phi) is 4.69. The van der Waals surface area contributed by atoms with Crippen molar-refractivity contribution in [3.63, 3.8) is 0 Å². The van der Waals surface area contributed by atoms with E-state index in [0.717, 1.165) is 21.5 Å². The minimum atomic E-state index is 0.0291. The maximum Gasteiger partial charge on any atom is 0.141 e. The Morgan fingerprint density at radius 2 is 1.89 bits per heavy atom. The molecular weight excluding hydrogens is 312 g/mol. The van der Waals surface area contributed by atoms with Crippen molar-refractivity contribution in [2.45, 2.75) is 11.5 Å². The summed E-state index contributed by atoms with van der Waals surface area (Å²) in [5.74, 6) is 1.54. The number of ether oxygens (including phenoxy) is 1. The summed E-state index contributed by atoms with van der Waals surface area (Å²) >= 11 is 5.13. The second kappa shape index (κ2) is 6.27. The van der Waals surface area contributed by atoms with E-state index in [-0.39, 0.29) is 6.61 Å². The van der Waals surface area contributed by atoms with Crippen molar-refractivity contribution >= 4 is 27.7 Å². The number of rotatable bonds is 4. The first-order valence-electron chi connectivity index (χ1n) is 5.44. The standard InChI is InChI=1S/C14H13BrO2S/c1-18-12-5-3-11(4-6-12)17-14-7-2-10(9-16)8-13(14)15/h2-8,16H,9H2,1H3. The molecule has 2 rings (SSSR count). The normalized spacial score (nSPS) is 10.4. The van der Waals surface area contributed by atoms with Crippen LogP contribution in [0, 0.1) is 0 Å². The zero-order valence-electron chi connectivity index (χ0n) is 9.89. The third kappa shape index (κ3) is 3.28. The average Bonchev–Trinajstić information content (AvgIpc) is 2.42. The van der Waals surface area contributed by atoms with E-state index in [9.17, 15) is 0 Å². The highest BCUT2D eigenvalue weighted by atomic mass is 79.9. The predicted octanol–water partition coefficient (Wildman–Crippen LogP) is 4.46. The Balaban J connectivity index is 2.17. The van der Waals surface area contributed by atoms with E-state index in [2.05, 4.69) is 15.9 Å². The lowest BCUT2D eigenvalue weighted by atomic mass is 10.2. The molecule has 0 unspecified atom stereocenters. The van der Waals surface area contributed by atoms with Gasteiger partial charge in [0, 0.05) is 4.90 Å². The summed E-state index contributed by atoms with van der Waals surface area (Å²) in [6, 6.07) is 13.5. The fraction of sp³-hybridized carbons (Fsp3) is 0.143. The van der Waals surface area contributed by atoms with Gasteiger partial charge < -0.3 is 9.84 Å². The molecule has 0 saturated heterocycles. The molecule has 0 fully saturated rings. The van der Waals surface area contributed by atoms with Crippen LogP contribution in [0.5, 0.6) is 11.5 Å². The molecule has 4 heteroatoms. The van der Waals surface area contributed by atoms with E-state index < -0.39 is 0 Å². The number of hydrogen-bond donors (Lipinski definition) is 1. The van der Waals surface area contributed by atoms with Gasteiger partial charge in [0.25, 0.3) is 0 Å². The fourth-order valence-corrected chi connectivity index (χ4v) is 2.41. The molecule has 0 heterocycles. The van der Waals surface area contributed by atoms with Crippen LogP contribution >= 0.6 is 27.7 Å². The Hall–Kier alpha value is -0.970. The molecule has 2 aromatic rings. The summed E-state index contributed by atoms with van der Waals surface area (Å²) < 4.78 is 6.61. The molecule has 0 aliphatic rings. The van der Waals surface area contributed by atoms with E-state index in [1.807, 2.05) is 48.7 Å². The molecular formula is C14H13BrO2S. The van der Waals surface area contributed by atoms with Crippen molar-refractivity contribution in [1.82, 2.24) is 0 Å². The lowest BCUT2D eigenvalue weighted by Crippen LogP contribution is -1.88. The van der Waals surface area contributed by atoms with Gasteiger partial charge in [-0.1, -0.05) is 6.07 Å². The number of aliphatic hydroxyl groups excluding tert-OH is 1. The van der Waals surface area contributed by atoms with Crippen LogP contribution in [0.3, 0.4) is 0 Å². The summed E-state index contributed by atoms with van der Waals surface area (Å²) in [5, 5.41) is 9.04. The molecule has 0 amide bonds. The van der Waals surface area contributed by atoms with Crippen LogP contribution < -0.4 is 4.74 Å². The molecule has 2 aromatic carbocycles. The van der Waals surface area contributed by atoms with Crippen molar-refractivity contribution in [2.75, 3.05) is 6.26 Å². The molecule has 2 nitrogen and oxygen atoms in total. The van der Waals surface area contributed by atoms with Crippen LogP contribution in [0.15, 0.2) is 51.8 Å². The second-order valence-electron chi connectivity index (χ2n) is 3.70. The van der Waals surface area contributed by atoms with Gasteiger partial charge in [-0.05, 0) is 64.1 Å². The second-order valence-corrected chi connectivity index (χ2v) is 5.43. The van der Waals surface area contributed by atoms with Crippen LogP contribution in [0.4, 0.5) is 0 Å². The zero-order valence-corrected chi connectivity index (χ0v) is 12.3. The largest absolute Gasteiger partial charge is 0.456 e. The van der Waals surface area contributed by atoms with Crippen molar-refractivity contribution < 1.29 is 9.84 Å². The summed E-state index contributed by atoms with van der Waals surface area (Å²) in [4.78, 5) is 1.21. The Bertz CT molecular complexity index is 526. The smallest absolute Gasteiger partial charge is 0.141 e. The third-order valence-corrected chi connectivity index (χ3v) is 3.83. The van der Waals surface area contributed by atoms with Crippen molar-refractivity contribution in [2.24, 2.45) is 0 Å². The quantitative estimate of drug-likeness (QED) is 0.842. The van der Waals surface area contributed by atoms with Crippen LogP contribution in [-0.2, 0) is 6.61 Å². The first-order chi connectivity index (χ1) is 8.72. The molecule has 0 aliphatic carbocycles. The monoisotopic (exact) mass is 324 g/mol. The molecule has 1 N–H and O–H groups in total. The Labute approximate surface area is 119 Å². The molecule has 0 radical (unpaired) electrons. The molecule has 0 spiro atoms. The van der Waals surface area contributed by atoms with Crippen LogP contribution in [0.25, 0.3) is 0 Å². The SMILES string of the molecule is CSc1ccc(Oc2ccc(CO)cc2Br)cc1. The number of benzene rings is 2. The molecule has 0 saturated carbocycles. The maximum absolute atomic E-state index is 9.04.